The van der Waals surface area contributed by atoms with Crippen LogP contribution in [0.5, 0.6) is 0 Å². The number of hydrogen-bond acceptors (Lipinski definition) is 2. The molecule has 3 fully saturated rings. The van der Waals surface area contributed by atoms with Crippen molar-refractivity contribution in [3.05, 3.63) is 0 Å². The predicted octanol–water partition coefficient (Wildman–Crippen LogP) is 2.15. The maximum atomic E-state index is 12.3. The van der Waals surface area contributed by atoms with E-state index in [-0.39, 0.29) is 6.04 Å². The fraction of sp³-hybridized carbons (Fsp3) is 0.933. The molecule has 3 nitrogen and oxygen atoms in total. The second kappa shape index (κ2) is 5.20. The molecule has 3 atom stereocenters. The molecular weight excluding hydrogens is 224 g/mol. The van der Waals surface area contributed by atoms with Gasteiger partial charge in [-0.25, -0.2) is 0 Å². The van der Waals surface area contributed by atoms with Crippen molar-refractivity contribution in [2.24, 2.45) is 23.5 Å². The third-order valence-electron chi connectivity index (χ3n) is 5.28. The molecule has 2 saturated carbocycles. The van der Waals surface area contributed by atoms with Crippen molar-refractivity contribution in [3.8, 4) is 0 Å². The van der Waals surface area contributed by atoms with Crippen LogP contribution in [0.2, 0.25) is 0 Å². The fourth-order valence-corrected chi connectivity index (χ4v) is 3.85. The van der Waals surface area contributed by atoms with E-state index in [0.717, 1.165) is 24.9 Å². The van der Waals surface area contributed by atoms with E-state index in [1.807, 2.05) is 0 Å². The molecule has 2 aliphatic carbocycles. The lowest BCUT2D eigenvalue weighted by Gasteiger charge is -2.41. The van der Waals surface area contributed by atoms with Crippen LogP contribution in [0.25, 0.3) is 0 Å². The summed E-state index contributed by atoms with van der Waals surface area (Å²) < 4.78 is 0. The molecule has 0 aromatic heterocycles. The third-order valence-corrected chi connectivity index (χ3v) is 5.28. The van der Waals surface area contributed by atoms with Gasteiger partial charge < -0.3 is 10.6 Å². The van der Waals surface area contributed by atoms with Crippen LogP contribution in [0.1, 0.15) is 51.4 Å². The summed E-state index contributed by atoms with van der Waals surface area (Å²) in [4.78, 5) is 14.4. The largest absolute Gasteiger partial charge is 0.342 e. The molecule has 0 radical (unpaired) electrons. The first-order valence-electron chi connectivity index (χ1n) is 7.77. The van der Waals surface area contributed by atoms with Crippen LogP contribution < -0.4 is 5.73 Å². The van der Waals surface area contributed by atoms with Crippen LogP contribution >= 0.6 is 0 Å². The van der Waals surface area contributed by atoms with E-state index in [2.05, 4.69) is 4.90 Å². The SMILES string of the molecule is NC(CC(=O)N1CCC2CCCCC2C1)C1CC1. The van der Waals surface area contributed by atoms with Gasteiger partial charge in [-0.2, -0.15) is 0 Å². The summed E-state index contributed by atoms with van der Waals surface area (Å²) in [7, 11) is 0. The van der Waals surface area contributed by atoms with Gasteiger partial charge in [-0.05, 0) is 43.4 Å². The average molecular weight is 250 g/mol. The maximum absolute atomic E-state index is 12.3. The van der Waals surface area contributed by atoms with Crippen molar-refractivity contribution < 1.29 is 4.79 Å². The van der Waals surface area contributed by atoms with E-state index < -0.39 is 0 Å². The molecule has 0 spiro atoms. The Morgan fingerprint density at radius 3 is 2.56 bits per heavy atom. The zero-order valence-electron chi connectivity index (χ0n) is 11.3. The van der Waals surface area contributed by atoms with Crippen LogP contribution in [-0.2, 0) is 4.79 Å². The highest BCUT2D eigenvalue weighted by Crippen LogP contribution is 2.37. The molecule has 2 N–H and O–H groups in total. The molecule has 18 heavy (non-hydrogen) atoms. The highest BCUT2D eigenvalue weighted by Gasteiger charge is 2.35. The van der Waals surface area contributed by atoms with Crippen molar-refractivity contribution in [2.45, 2.75) is 57.4 Å². The molecule has 3 rings (SSSR count). The molecule has 1 saturated heterocycles. The van der Waals surface area contributed by atoms with E-state index in [0.29, 0.717) is 18.2 Å². The van der Waals surface area contributed by atoms with Crippen LogP contribution in [0.15, 0.2) is 0 Å². The first kappa shape index (κ1) is 12.5. The van der Waals surface area contributed by atoms with Crippen molar-refractivity contribution in [2.75, 3.05) is 13.1 Å². The number of carbonyl (C=O) groups is 1. The van der Waals surface area contributed by atoms with Gasteiger partial charge in [-0.3, -0.25) is 4.79 Å². The number of likely N-dealkylation sites (tertiary alicyclic amines) is 1. The summed E-state index contributed by atoms with van der Waals surface area (Å²) in [5.41, 5.74) is 6.07. The van der Waals surface area contributed by atoms with Crippen LogP contribution in [0.3, 0.4) is 0 Å². The number of carbonyl (C=O) groups excluding carboxylic acids is 1. The first-order chi connectivity index (χ1) is 8.74. The van der Waals surface area contributed by atoms with Gasteiger partial charge in [0, 0.05) is 25.6 Å². The molecule has 3 unspecified atom stereocenters. The minimum atomic E-state index is 0.126. The lowest BCUT2D eigenvalue weighted by atomic mass is 9.75. The van der Waals surface area contributed by atoms with E-state index in [1.54, 1.807) is 0 Å². The summed E-state index contributed by atoms with van der Waals surface area (Å²) in [5.74, 6) is 2.65. The minimum absolute atomic E-state index is 0.126. The maximum Gasteiger partial charge on any atom is 0.224 e. The summed E-state index contributed by atoms with van der Waals surface area (Å²) in [6, 6.07) is 0.126. The Kier molecular flexibility index (Phi) is 3.60. The topological polar surface area (TPSA) is 46.3 Å². The van der Waals surface area contributed by atoms with E-state index in [1.165, 1.54) is 44.9 Å². The molecule has 1 amide bonds. The number of piperidine rings is 1. The Morgan fingerprint density at radius 2 is 1.83 bits per heavy atom. The quantitative estimate of drug-likeness (QED) is 0.834. The number of hydrogen-bond donors (Lipinski definition) is 1. The molecule has 3 heteroatoms. The fourth-order valence-electron chi connectivity index (χ4n) is 3.85. The van der Waals surface area contributed by atoms with Crippen LogP contribution in [0.4, 0.5) is 0 Å². The Bertz CT molecular complexity index is 314. The highest BCUT2D eigenvalue weighted by atomic mass is 16.2. The smallest absolute Gasteiger partial charge is 0.224 e. The summed E-state index contributed by atoms with van der Waals surface area (Å²) in [6.45, 7) is 2.00. The van der Waals surface area contributed by atoms with Crippen molar-refractivity contribution in [1.29, 1.82) is 0 Å². The number of fused-ring (bicyclic) bond motifs is 1. The second-order valence-electron chi connectivity index (χ2n) is 6.64. The Hall–Kier alpha value is -0.570. The summed E-state index contributed by atoms with van der Waals surface area (Å²) in [6.07, 6.45) is 9.79. The average Bonchev–Trinajstić information content (AvgIpc) is 3.22. The van der Waals surface area contributed by atoms with Gasteiger partial charge in [-0.1, -0.05) is 19.3 Å². The van der Waals surface area contributed by atoms with Crippen molar-refractivity contribution in [3.63, 3.8) is 0 Å². The number of amides is 1. The van der Waals surface area contributed by atoms with Gasteiger partial charge in [0.05, 0.1) is 0 Å². The van der Waals surface area contributed by atoms with Crippen LogP contribution in [0, 0.1) is 17.8 Å². The zero-order chi connectivity index (χ0) is 12.5. The summed E-state index contributed by atoms with van der Waals surface area (Å²) >= 11 is 0. The molecule has 1 heterocycles. The molecule has 102 valence electrons. The Labute approximate surface area is 110 Å². The second-order valence-corrected chi connectivity index (χ2v) is 6.64. The van der Waals surface area contributed by atoms with Gasteiger partial charge in [-0.15, -0.1) is 0 Å². The standard InChI is InChI=1S/C15H26N2O/c16-14(12-5-6-12)9-15(18)17-8-7-11-3-1-2-4-13(11)10-17/h11-14H,1-10,16H2. The molecular formula is C15H26N2O. The lowest BCUT2D eigenvalue weighted by molar-refractivity contribution is -0.134. The third kappa shape index (κ3) is 2.71. The van der Waals surface area contributed by atoms with Gasteiger partial charge >= 0.3 is 0 Å². The minimum Gasteiger partial charge on any atom is -0.342 e. The number of rotatable bonds is 3. The molecule has 0 bridgehead atoms. The Morgan fingerprint density at radius 1 is 1.11 bits per heavy atom. The Balaban J connectivity index is 1.51. The first-order valence-corrected chi connectivity index (χ1v) is 7.77. The molecule has 0 aromatic rings. The van der Waals surface area contributed by atoms with Gasteiger partial charge in [0.1, 0.15) is 0 Å². The van der Waals surface area contributed by atoms with Crippen molar-refractivity contribution >= 4 is 5.91 Å². The number of nitrogens with two attached hydrogens (primary N) is 1. The molecule has 0 aromatic carbocycles. The van der Waals surface area contributed by atoms with E-state index in [4.69, 9.17) is 5.73 Å². The number of nitrogens with zero attached hydrogens (tertiary/aromatic N) is 1. The zero-order valence-corrected chi connectivity index (χ0v) is 11.3. The van der Waals surface area contributed by atoms with Gasteiger partial charge in [0.15, 0.2) is 0 Å². The predicted molar refractivity (Wildman–Crippen MR) is 72.0 cm³/mol. The van der Waals surface area contributed by atoms with Crippen LogP contribution in [-0.4, -0.2) is 29.9 Å². The monoisotopic (exact) mass is 250 g/mol. The van der Waals surface area contributed by atoms with Crippen molar-refractivity contribution in [1.82, 2.24) is 4.90 Å². The van der Waals surface area contributed by atoms with Gasteiger partial charge in [0.25, 0.3) is 0 Å². The molecule has 1 aliphatic heterocycles. The lowest BCUT2D eigenvalue weighted by Crippen LogP contribution is -2.46. The van der Waals surface area contributed by atoms with E-state index in [9.17, 15) is 4.79 Å². The summed E-state index contributed by atoms with van der Waals surface area (Å²) in [5, 5.41) is 0. The highest BCUT2D eigenvalue weighted by molar-refractivity contribution is 5.77. The van der Waals surface area contributed by atoms with Gasteiger partial charge in [0.2, 0.25) is 5.91 Å². The molecule has 3 aliphatic rings. The normalized spacial score (nSPS) is 33.9. The van der Waals surface area contributed by atoms with E-state index >= 15 is 0 Å².